The zero-order valence-corrected chi connectivity index (χ0v) is 15.9. The molecule has 5 nitrogen and oxygen atoms in total. The van der Waals surface area contributed by atoms with E-state index < -0.39 is 6.10 Å². The molecule has 6 heteroatoms. The lowest BCUT2D eigenvalue weighted by Crippen LogP contribution is -2.47. The maximum Gasteiger partial charge on any atom is 0.119 e. The van der Waals surface area contributed by atoms with Gasteiger partial charge in [-0.1, -0.05) is 11.6 Å². The number of aliphatic hydroxyl groups excluding tert-OH is 1. The summed E-state index contributed by atoms with van der Waals surface area (Å²) in [5.74, 6) is 0.746. The van der Waals surface area contributed by atoms with E-state index in [1.165, 1.54) is 5.69 Å². The molecular weight excluding hydrogens is 350 g/mol. The number of aliphatic hydroxyl groups is 1. The van der Waals surface area contributed by atoms with Crippen LogP contribution in [0.15, 0.2) is 42.7 Å². The summed E-state index contributed by atoms with van der Waals surface area (Å²) >= 11 is 6.01. The van der Waals surface area contributed by atoms with E-state index in [1.807, 2.05) is 37.4 Å². The van der Waals surface area contributed by atoms with E-state index in [0.717, 1.165) is 49.1 Å². The molecule has 1 aromatic carbocycles. The van der Waals surface area contributed by atoms with Crippen molar-refractivity contribution in [3.63, 3.8) is 0 Å². The van der Waals surface area contributed by atoms with Crippen molar-refractivity contribution in [2.24, 2.45) is 0 Å². The van der Waals surface area contributed by atoms with Gasteiger partial charge in [-0.2, -0.15) is 0 Å². The Labute approximate surface area is 160 Å². The predicted octanol–water partition coefficient (Wildman–Crippen LogP) is 3.00. The van der Waals surface area contributed by atoms with E-state index in [-0.39, 0.29) is 0 Å². The first kappa shape index (κ1) is 19.0. The van der Waals surface area contributed by atoms with Gasteiger partial charge in [0, 0.05) is 43.9 Å². The van der Waals surface area contributed by atoms with Gasteiger partial charge in [-0.05, 0) is 49.2 Å². The third kappa shape index (κ3) is 5.34. The van der Waals surface area contributed by atoms with E-state index in [0.29, 0.717) is 13.0 Å². The first-order chi connectivity index (χ1) is 12.6. The Morgan fingerprint density at radius 2 is 2.04 bits per heavy atom. The van der Waals surface area contributed by atoms with Crippen LogP contribution in [-0.4, -0.2) is 60.4 Å². The van der Waals surface area contributed by atoms with Crippen LogP contribution in [0, 0.1) is 6.92 Å². The van der Waals surface area contributed by atoms with Crippen LogP contribution in [0.4, 0.5) is 5.69 Å². The number of hydrogen-bond acceptors (Lipinski definition) is 5. The molecule has 1 fully saturated rings. The Bertz CT molecular complexity index is 691. The second-order valence-corrected chi connectivity index (χ2v) is 7.11. The predicted molar refractivity (Wildman–Crippen MR) is 105 cm³/mol. The molecule has 0 aliphatic carbocycles. The van der Waals surface area contributed by atoms with Crippen molar-refractivity contribution < 1.29 is 9.84 Å². The van der Waals surface area contributed by atoms with Gasteiger partial charge in [-0.15, -0.1) is 0 Å². The van der Waals surface area contributed by atoms with Crippen LogP contribution in [0.2, 0.25) is 5.02 Å². The van der Waals surface area contributed by atoms with Crippen LogP contribution >= 0.6 is 11.6 Å². The summed E-state index contributed by atoms with van der Waals surface area (Å²) in [5.41, 5.74) is 2.16. The number of halogens is 1. The molecule has 0 radical (unpaired) electrons. The maximum absolute atomic E-state index is 10.2. The molecule has 1 aliphatic rings. The summed E-state index contributed by atoms with van der Waals surface area (Å²) in [4.78, 5) is 8.93. The molecule has 0 saturated carbocycles. The minimum atomic E-state index is -0.470. The molecule has 1 atom stereocenters. The van der Waals surface area contributed by atoms with E-state index in [1.54, 1.807) is 6.20 Å². The van der Waals surface area contributed by atoms with Crippen LogP contribution in [0.25, 0.3) is 0 Å². The Balaban J connectivity index is 1.36. The van der Waals surface area contributed by atoms with Crippen molar-refractivity contribution >= 4 is 17.3 Å². The van der Waals surface area contributed by atoms with E-state index in [2.05, 4.69) is 20.9 Å². The second kappa shape index (κ2) is 9.21. The van der Waals surface area contributed by atoms with E-state index in [9.17, 15) is 5.11 Å². The van der Waals surface area contributed by atoms with Crippen LogP contribution in [0.1, 0.15) is 12.0 Å². The fourth-order valence-electron chi connectivity index (χ4n) is 3.08. The summed E-state index contributed by atoms with van der Waals surface area (Å²) in [6.07, 6.45) is 3.95. The van der Waals surface area contributed by atoms with Gasteiger partial charge in [0.05, 0.1) is 18.0 Å². The number of anilines is 1. The molecule has 1 N–H and O–H groups in total. The largest absolute Gasteiger partial charge is 0.491 e. The van der Waals surface area contributed by atoms with Gasteiger partial charge in [-0.25, -0.2) is 0 Å². The molecule has 3 rings (SSSR count). The topological polar surface area (TPSA) is 48.8 Å². The van der Waals surface area contributed by atoms with Gasteiger partial charge in [0.25, 0.3) is 0 Å². The van der Waals surface area contributed by atoms with Crippen LogP contribution in [-0.2, 0) is 0 Å². The number of rotatable bonds is 7. The highest BCUT2D eigenvalue weighted by Crippen LogP contribution is 2.21. The van der Waals surface area contributed by atoms with Crippen molar-refractivity contribution in [1.29, 1.82) is 0 Å². The van der Waals surface area contributed by atoms with Crippen molar-refractivity contribution in [3.05, 3.63) is 53.3 Å². The van der Waals surface area contributed by atoms with E-state index >= 15 is 0 Å². The molecule has 0 spiro atoms. The SMILES string of the molecule is Cc1cc(OCC(O)CCN2CCN(c3cccnc3)CC2)ccc1Cl. The number of hydrogen-bond donors (Lipinski definition) is 1. The van der Waals surface area contributed by atoms with Gasteiger partial charge >= 0.3 is 0 Å². The minimum Gasteiger partial charge on any atom is -0.491 e. The standard InChI is InChI=1S/C20H26ClN3O2/c1-16-13-19(4-5-20(16)21)26-15-18(25)6-8-23-9-11-24(12-10-23)17-3-2-7-22-14-17/h2-5,7,13-14,18,25H,6,8-12,15H2,1H3. The summed E-state index contributed by atoms with van der Waals surface area (Å²) in [6, 6.07) is 9.62. The van der Waals surface area contributed by atoms with Crippen molar-refractivity contribution in [2.75, 3.05) is 44.2 Å². The molecular formula is C20H26ClN3O2. The smallest absolute Gasteiger partial charge is 0.119 e. The molecule has 26 heavy (non-hydrogen) atoms. The van der Waals surface area contributed by atoms with Crippen LogP contribution in [0.5, 0.6) is 5.75 Å². The zero-order valence-electron chi connectivity index (χ0n) is 15.1. The van der Waals surface area contributed by atoms with Gasteiger partial charge in [0.1, 0.15) is 12.4 Å². The average Bonchev–Trinajstić information content (AvgIpc) is 2.68. The number of benzene rings is 1. The van der Waals surface area contributed by atoms with Gasteiger partial charge < -0.3 is 14.7 Å². The lowest BCUT2D eigenvalue weighted by Gasteiger charge is -2.36. The van der Waals surface area contributed by atoms with Crippen molar-refractivity contribution in [1.82, 2.24) is 9.88 Å². The fourth-order valence-corrected chi connectivity index (χ4v) is 3.20. The quantitative estimate of drug-likeness (QED) is 0.806. The molecule has 1 saturated heterocycles. The second-order valence-electron chi connectivity index (χ2n) is 6.70. The van der Waals surface area contributed by atoms with E-state index in [4.69, 9.17) is 16.3 Å². The molecule has 0 bridgehead atoms. The Kier molecular flexibility index (Phi) is 6.72. The maximum atomic E-state index is 10.2. The van der Waals surface area contributed by atoms with Crippen LogP contribution < -0.4 is 9.64 Å². The lowest BCUT2D eigenvalue weighted by molar-refractivity contribution is 0.0866. The number of piperazine rings is 1. The minimum absolute atomic E-state index is 0.302. The molecule has 2 heterocycles. The Morgan fingerprint density at radius 1 is 1.23 bits per heavy atom. The third-order valence-electron chi connectivity index (χ3n) is 4.73. The highest BCUT2D eigenvalue weighted by atomic mass is 35.5. The Morgan fingerprint density at radius 3 is 2.73 bits per heavy atom. The van der Waals surface area contributed by atoms with Crippen LogP contribution in [0.3, 0.4) is 0 Å². The number of pyridine rings is 1. The normalized spacial score (nSPS) is 16.5. The summed E-state index contributed by atoms with van der Waals surface area (Å²) < 4.78 is 5.68. The molecule has 1 aromatic heterocycles. The molecule has 1 aliphatic heterocycles. The molecule has 2 aromatic rings. The highest BCUT2D eigenvalue weighted by Gasteiger charge is 2.18. The first-order valence-electron chi connectivity index (χ1n) is 9.06. The Hall–Kier alpha value is -1.82. The summed E-state index contributed by atoms with van der Waals surface area (Å²) in [6.45, 7) is 7.10. The fraction of sp³-hybridized carbons (Fsp3) is 0.450. The number of aryl methyl sites for hydroxylation is 1. The lowest BCUT2D eigenvalue weighted by atomic mass is 10.2. The molecule has 140 valence electrons. The average molecular weight is 376 g/mol. The number of ether oxygens (including phenoxy) is 1. The molecule has 1 unspecified atom stereocenters. The summed E-state index contributed by atoms with van der Waals surface area (Å²) in [5, 5.41) is 10.9. The first-order valence-corrected chi connectivity index (χ1v) is 9.44. The number of aromatic nitrogens is 1. The summed E-state index contributed by atoms with van der Waals surface area (Å²) in [7, 11) is 0. The monoisotopic (exact) mass is 375 g/mol. The third-order valence-corrected chi connectivity index (χ3v) is 5.16. The zero-order chi connectivity index (χ0) is 18.4. The van der Waals surface area contributed by atoms with Gasteiger partial charge in [-0.3, -0.25) is 9.88 Å². The van der Waals surface area contributed by atoms with Gasteiger partial charge in [0.2, 0.25) is 0 Å². The number of nitrogens with zero attached hydrogens (tertiary/aromatic N) is 3. The molecule has 0 amide bonds. The van der Waals surface area contributed by atoms with Gasteiger partial charge in [0.15, 0.2) is 0 Å². The highest BCUT2D eigenvalue weighted by molar-refractivity contribution is 6.31. The van der Waals surface area contributed by atoms with Crippen molar-refractivity contribution in [3.8, 4) is 5.75 Å². The van der Waals surface area contributed by atoms with Crippen molar-refractivity contribution in [2.45, 2.75) is 19.4 Å².